The van der Waals surface area contributed by atoms with Gasteiger partial charge < -0.3 is 19.9 Å². The van der Waals surface area contributed by atoms with Crippen LogP contribution < -0.4 is 5.32 Å². The number of ether oxygens (including phenoxy) is 2. The van der Waals surface area contributed by atoms with Gasteiger partial charge in [-0.25, -0.2) is 0 Å². The van der Waals surface area contributed by atoms with Crippen molar-refractivity contribution in [2.24, 2.45) is 5.92 Å². The summed E-state index contributed by atoms with van der Waals surface area (Å²) in [6, 6.07) is 0. The number of nitrogens with one attached hydrogen (secondary N) is 1. The molecule has 5 heteroatoms. The van der Waals surface area contributed by atoms with Crippen LogP contribution in [-0.2, 0) is 14.3 Å². The van der Waals surface area contributed by atoms with Crippen LogP contribution in [0.1, 0.15) is 39.5 Å². The van der Waals surface area contributed by atoms with Gasteiger partial charge in [0.2, 0.25) is 0 Å². The van der Waals surface area contributed by atoms with Crippen molar-refractivity contribution in [3.63, 3.8) is 0 Å². The Morgan fingerprint density at radius 1 is 1.58 bits per heavy atom. The molecule has 1 aliphatic rings. The summed E-state index contributed by atoms with van der Waals surface area (Å²) in [5, 5.41) is 12.7. The van der Waals surface area contributed by atoms with Crippen molar-refractivity contribution in [1.82, 2.24) is 5.32 Å². The standard InChI is InChI=1S/C14H27NO4/c1-4-15-14(13(16)17)8-5-6-12(14)7-9-19-11(2)10-18-3/h11-12,15H,4-10H2,1-3H3,(H,16,17). The molecular formula is C14H27NO4. The number of carbonyl (C=O) groups is 1. The van der Waals surface area contributed by atoms with E-state index in [4.69, 9.17) is 9.47 Å². The van der Waals surface area contributed by atoms with Crippen molar-refractivity contribution in [2.45, 2.75) is 51.2 Å². The molecule has 0 aromatic carbocycles. The Hall–Kier alpha value is -0.650. The molecule has 1 rings (SSSR count). The summed E-state index contributed by atoms with van der Waals surface area (Å²) in [4.78, 5) is 11.6. The second kappa shape index (κ2) is 7.82. The molecule has 0 spiro atoms. The molecule has 1 saturated carbocycles. The van der Waals surface area contributed by atoms with E-state index in [1.54, 1.807) is 7.11 Å². The highest BCUT2D eigenvalue weighted by Crippen LogP contribution is 2.38. The summed E-state index contributed by atoms with van der Waals surface area (Å²) in [7, 11) is 1.65. The topological polar surface area (TPSA) is 67.8 Å². The molecule has 0 aromatic rings. The maximum atomic E-state index is 11.6. The molecule has 1 fully saturated rings. The van der Waals surface area contributed by atoms with Gasteiger partial charge in [0.15, 0.2) is 0 Å². The van der Waals surface area contributed by atoms with Gasteiger partial charge in [-0.2, -0.15) is 0 Å². The summed E-state index contributed by atoms with van der Waals surface area (Å²) in [6.07, 6.45) is 3.49. The quantitative estimate of drug-likeness (QED) is 0.669. The first-order valence-electron chi connectivity index (χ1n) is 7.15. The van der Waals surface area contributed by atoms with E-state index < -0.39 is 11.5 Å². The van der Waals surface area contributed by atoms with E-state index >= 15 is 0 Å². The van der Waals surface area contributed by atoms with E-state index in [0.717, 1.165) is 19.3 Å². The molecule has 3 atom stereocenters. The van der Waals surface area contributed by atoms with Crippen LogP contribution >= 0.6 is 0 Å². The lowest BCUT2D eigenvalue weighted by Crippen LogP contribution is -2.55. The van der Waals surface area contributed by atoms with Crippen molar-refractivity contribution < 1.29 is 19.4 Å². The molecule has 0 radical (unpaired) electrons. The maximum Gasteiger partial charge on any atom is 0.324 e. The van der Waals surface area contributed by atoms with Gasteiger partial charge in [-0.05, 0) is 38.6 Å². The molecular weight excluding hydrogens is 246 g/mol. The third-order valence-corrected chi connectivity index (χ3v) is 3.96. The fraction of sp³-hybridized carbons (Fsp3) is 0.929. The molecule has 3 unspecified atom stereocenters. The Kier molecular flexibility index (Phi) is 6.75. The number of aliphatic carboxylic acids is 1. The zero-order valence-corrected chi connectivity index (χ0v) is 12.3. The fourth-order valence-corrected chi connectivity index (χ4v) is 3.07. The lowest BCUT2D eigenvalue weighted by atomic mass is 9.84. The minimum Gasteiger partial charge on any atom is -0.480 e. The number of hydrogen-bond acceptors (Lipinski definition) is 4. The van der Waals surface area contributed by atoms with Crippen molar-refractivity contribution >= 4 is 5.97 Å². The van der Waals surface area contributed by atoms with E-state index in [2.05, 4.69) is 5.32 Å². The Balaban J connectivity index is 2.48. The molecule has 0 aliphatic heterocycles. The Morgan fingerprint density at radius 3 is 2.89 bits per heavy atom. The van der Waals surface area contributed by atoms with Crippen LogP contribution in [0.5, 0.6) is 0 Å². The second-order valence-electron chi connectivity index (χ2n) is 5.32. The van der Waals surface area contributed by atoms with Gasteiger partial charge in [0.1, 0.15) is 5.54 Å². The predicted molar refractivity (Wildman–Crippen MR) is 73.3 cm³/mol. The van der Waals surface area contributed by atoms with Crippen molar-refractivity contribution in [2.75, 3.05) is 26.9 Å². The Bertz CT molecular complexity index is 285. The van der Waals surface area contributed by atoms with Crippen LogP contribution in [0.3, 0.4) is 0 Å². The van der Waals surface area contributed by atoms with Gasteiger partial charge in [-0.1, -0.05) is 13.3 Å². The van der Waals surface area contributed by atoms with Gasteiger partial charge in [0.25, 0.3) is 0 Å². The van der Waals surface area contributed by atoms with Gasteiger partial charge in [-0.15, -0.1) is 0 Å². The van der Waals surface area contributed by atoms with Crippen LogP contribution in [0.25, 0.3) is 0 Å². The zero-order valence-electron chi connectivity index (χ0n) is 12.3. The maximum absolute atomic E-state index is 11.6. The lowest BCUT2D eigenvalue weighted by Gasteiger charge is -2.32. The molecule has 0 aromatic heterocycles. The highest BCUT2D eigenvalue weighted by Gasteiger charge is 2.48. The van der Waals surface area contributed by atoms with Gasteiger partial charge >= 0.3 is 5.97 Å². The minimum absolute atomic E-state index is 0.0600. The number of carboxylic acid groups (broad SMARTS) is 1. The highest BCUT2D eigenvalue weighted by molar-refractivity contribution is 5.79. The molecule has 0 heterocycles. The van der Waals surface area contributed by atoms with Crippen molar-refractivity contribution in [3.8, 4) is 0 Å². The lowest BCUT2D eigenvalue weighted by molar-refractivity contribution is -0.147. The average Bonchev–Trinajstić information content (AvgIpc) is 2.74. The largest absolute Gasteiger partial charge is 0.480 e. The van der Waals surface area contributed by atoms with Gasteiger partial charge in [-0.3, -0.25) is 4.79 Å². The number of rotatable bonds is 9. The van der Waals surface area contributed by atoms with Gasteiger partial charge in [0.05, 0.1) is 12.7 Å². The van der Waals surface area contributed by atoms with Gasteiger partial charge in [0, 0.05) is 13.7 Å². The smallest absolute Gasteiger partial charge is 0.324 e. The van der Waals surface area contributed by atoms with Crippen LogP contribution in [-0.4, -0.2) is 49.6 Å². The second-order valence-corrected chi connectivity index (χ2v) is 5.32. The molecule has 0 amide bonds. The summed E-state index contributed by atoms with van der Waals surface area (Å²) >= 11 is 0. The van der Waals surface area contributed by atoms with E-state index in [0.29, 0.717) is 26.2 Å². The SMILES string of the molecule is CCNC1(C(=O)O)CCCC1CCOC(C)COC. The third-order valence-electron chi connectivity index (χ3n) is 3.96. The van der Waals surface area contributed by atoms with E-state index in [9.17, 15) is 9.90 Å². The first kappa shape index (κ1) is 16.4. The number of methoxy groups -OCH3 is 1. The molecule has 19 heavy (non-hydrogen) atoms. The summed E-state index contributed by atoms with van der Waals surface area (Å²) in [5.41, 5.74) is -0.747. The van der Waals surface area contributed by atoms with Crippen LogP contribution in [0.4, 0.5) is 0 Å². The molecule has 5 nitrogen and oxygen atoms in total. The minimum atomic E-state index is -0.747. The summed E-state index contributed by atoms with van der Waals surface area (Å²) in [6.45, 7) is 5.77. The van der Waals surface area contributed by atoms with E-state index in [1.807, 2.05) is 13.8 Å². The predicted octanol–water partition coefficient (Wildman–Crippen LogP) is 1.66. The first-order chi connectivity index (χ1) is 9.06. The average molecular weight is 273 g/mol. The number of likely N-dealkylation sites (N-methyl/N-ethyl adjacent to an activating group) is 1. The van der Waals surface area contributed by atoms with E-state index in [1.165, 1.54) is 0 Å². The van der Waals surface area contributed by atoms with Crippen LogP contribution in [0.15, 0.2) is 0 Å². The first-order valence-corrected chi connectivity index (χ1v) is 7.15. The third kappa shape index (κ3) is 4.16. The fourth-order valence-electron chi connectivity index (χ4n) is 3.07. The number of carboxylic acids is 1. The van der Waals surface area contributed by atoms with E-state index in [-0.39, 0.29) is 12.0 Å². The van der Waals surface area contributed by atoms with Crippen LogP contribution in [0.2, 0.25) is 0 Å². The van der Waals surface area contributed by atoms with Crippen molar-refractivity contribution in [3.05, 3.63) is 0 Å². The molecule has 112 valence electrons. The number of hydrogen-bond donors (Lipinski definition) is 2. The molecule has 2 N–H and O–H groups in total. The molecule has 0 saturated heterocycles. The summed E-state index contributed by atoms with van der Waals surface area (Å²) < 4.78 is 10.7. The van der Waals surface area contributed by atoms with Crippen molar-refractivity contribution in [1.29, 1.82) is 0 Å². The normalized spacial score (nSPS) is 28.5. The molecule has 1 aliphatic carbocycles. The zero-order chi connectivity index (χ0) is 14.3. The Labute approximate surface area is 115 Å². The monoisotopic (exact) mass is 273 g/mol. The molecule has 0 bridgehead atoms. The summed E-state index contributed by atoms with van der Waals surface area (Å²) in [5.74, 6) is -0.568. The highest BCUT2D eigenvalue weighted by atomic mass is 16.5. The van der Waals surface area contributed by atoms with Crippen LogP contribution in [0, 0.1) is 5.92 Å². The Morgan fingerprint density at radius 2 is 2.32 bits per heavy atom.